The van der Waals surface area contributed by atoms with Gasteiger partial charge in [0.05, 0.1) is 0 Å². The lowest BCUT2D eigenvalue weighted by atomic mass is 10.1. The lowest BCUT2D eigenvalue weighted by molar-refractivity contribution is -0.143. The highest BCUT2D eigenvalue weighted by Crippen LogP contribution is 2.12. The lowest BCUT2D eigenvalue weighted by Gasteiger charge is -2.22. The van der Waals surface area contributed by atoms with E-state index in [9.17, 15) is 9.59 Å². The minimum absolute atomic E-state index is 0.0581. The van der Waals surface area contributed by atoms with Gasteiger partial charge in [-0.3, -0.25) is 9.59 Å². The summed E-state index contributed by atoms with van der Waals surface area (Å²) in [5, 5.41) is 0. The van der Waals surface area contributed by atoms with Crippen LogP contribution in [0.3, 0.4) is 0 Å². The number of hydrogen-bond acceptors (Lipinski definition) is 6. The first-order valence-corrected chi connectivity index (χ1v) is 20.0. The first kappa shape index (κ1) is 45.3. The lowest BCUT2D eigenvalue weighted by Crippen LogP contribution is -2.27. The van der Waals surface area contributed by atoms with E-state index in [1.54, 1.807) is 0 Å². The fourth-order valence-corrected chi connectivity index (χ4v) is 5.72. The predicted octanol–water partition coefficient (Wildman–Crippen LogP) is 10.8. The van der Waals surface area contributed by atoms with Crippen molar-refractivity contribution in [1.29, 1.82) is 0 Å². The van der Waals surface area contributed by atoms with E-state index in [4.69, 9.17) is 9.47 Å². The van der Waals surface area contributed by atoms with Crippen LogP contribution in [0.2, 0.25) is 0 Å². The number of carbonyl (C=O) groups is 2. The maximum atomic E-state index is 12.0. The van der Waals surface area contributed by atoms with Crippen LogP contribution in [0.25, 0.3) is 0 Å². The Morgan fingerprint density at radius 3 is 1.23 bits per heavy atom. The number of unbranched alkanes of at least 4 members (excludes halogenated alkanes) is 18. The molecule has 0 atom stereocenters. The largest absolute Gasteiger partial charge is 0.461 e. The summed E-state index contributed by atoms with van der Waals surface area (Å²) in [5.74, 6) is -0.116. The van der Waals surface area contributed by atoms with Crippen molar-refractivity contribution in [2.24, 2.45) is 0 Å². The van der Waals surface area contributed by atoms with E-state index < -0.39 is 0 Å². The molecule has 0 aromatic carbocycles. The van der Waals surface area contributed by atoms with Crippen LogP contribution < -0.4 is 0 Å². The zero-order valence-corrected chi connectivity index (χ0v) is 31.8. The fraction of sp³-hybridized carbons (Fsp3) is 0.854. The molecule has 0 aromatic rings. The molecule has 0 heterocycles. The highest BCUT2D eigenvalue weighted by molar-refractivity contribution is 5.69. The minimum Gasteiger partial charge on any atom is -0.461 e. The van der Waals surface area contributed by atoms with E-state index in [0.717, 1.165) is 38.5 Å². The van der Waals surface area contributed by atoms with Crippen LogP contribution in [0.1, 0.15) is 174 Å². The topological polar surface area (TPSA) is 59.1 Å². The maximum Gasteiger partial charge on any atom is 0.306 e. The number of hydrogen-bond donors (Lipinski definition) is 0. The van der Waals surface area contributed by atoms with Crippen LogP contribution in [0.15, 0.2) is 24.3 Å². The van der Waals surface area contributed by atoms with E-state index >= 15 is 0 Å². The number of allylic oxidation sites excluding steroid dienone is 2. The quantitative estimate of drug-likeness (QED) is 0.0378. The van der Waals surface area contributed by atoms with Gasteiger partial charge in [0.25, 0.3) is 0 Å². The number of ether oxygens (including phenoxy) is 2. The molecule has 0 fully saturated rings. The summed E-state index contributed by atoms with van der Waals surface area (Å²) in [6.45, 7) is 10.0. The summed E-state index contributed by atoms with van der Waals surface area (Å²) in [5.41, 5.74) is 0. The zero-order chi connectivity index (χ0) is 34.5. The monoisotopic (exact) mass is 663 g/mol. The van der Waals surface area contributed by atoms with Crippen LogP contribution in [0, 0.1) is 0 Å². The van der Waals surface area contributed by atoms with Crippen LogP contribution >= 0.6 is 0 Å². The molecule has 47 heavy (non-hydrogen) atoms. The molecule has 0 radical (unpaired) electrons. The van der Waals surface area contributed by atoms with Gasteiger partial charge in [0.1, 0.15) is 13.2 Å². The van der Waals surface area contributed by atoms with Gasteiger partial charge in [0.2, 0.25) is 0 Å². The highest BCUT2D eigenvalue weighted by atomic mass is 16.5. The number of carbonyl (C=O) groups excluding carboxylic acids is 2. The fourth-order valence-electron chi connectivity index (χ4n) is 5.72. The Hall–Kier alpha value is -1.66. The average Bonchev–Trinajstić information content (AvgIpc) is 3.05. The molecule has 0 amide bonds. The third-order valence-electron chi connectivity index (χ3n) is 8.75. The molecule has 0 aliphatic rings. The summed E-state index contributed by atoms with van der Waals surface area (Å²) < 4.78 is 10.7. The molecule has 0 unspecified atom stereocenters. The first-order valence-electron chi connectivity index (χ1n) is 20.0. The molecule has 6 heteroatoms. The zero-order valence-electron chi connectivity index (χ0n) is 31.8. The Bertz CT molecular complexity index is 685. The summed E-state index contributed by atoms with van der Waals surface area (Å²) in [6.07, 6.45) is 37.0. The van der Waals surface area contributed by atoms with Crippen LogP contribution in [-0.2, 0) is 19.1 Å². The normalized spacial score (nSPS) is 11.9. The van der Waals surface area contributed by atoms with Gasteiger partial charge in [-0.05, 0) is 104 Å². The Morgan fingerprint density at radius 1 is 0.447 bits per heavy atom. The number of nitrogens with zero attached hydrogens (tertiary/aromatic N) is 2. The first-order chi connectivity index (χ1) is 23.0. The SMILES string of the molecule is CCCCCC/C=C\COC(=O)CCCCCCCN(CCCCCCCC(=O)OC/C=C\CCCCCC)CCCCCN(C)C. The Balaban J connectivity index is 3.99. The Labute approximate surface area is 292 Å². The van der Waals surface area contributed by atoms with E-state index in [2.05, 4.69) is 49.9 Å². The Kier molecular flexibility index (Phi) is 35.9. The minimum atomic E-state index is -0.0581. The van der Waals surface area contributed by atoms with Gasteiger partial charge in [-0.2, -0.15) is 0 Å². The molecule has 0 N–H and O–H groups in total. The van der Waals surface area contributed by atoms with Crippen molar-refractivity contribution in [1.82, 2.24) is 9.80 Å². The second-order valence-electron chi connectivity index (χ2n) is 13.7. The van der Waals surface area contributed by atoms with Gasteiger partial charge >= 0.3 is 11.9 Å². The van der Waals surface area contributed by atoms with Crippen molar-refractivity contribution in [3.05, 3.63) is 24.3 Å². The molecular formula is C41H78N2O4. The standard InChI is InChI=1S/C41H78N2O4/c1-5-7-9-11-13-21-30-38-46-40(44)32-24-17-15-19-27-35-43(37-29-23-26-34-42(3)4)36-28-20-16-18-25-33-41(45)47-39-31-22-14-12-10-8-6-2/h21-22,30-31H,5-20,23-29,32-39H2,1-4H3/b30-21-,31-22-. The molecule has 0 spiro atoms. The van der Waals surface area contributed by atoms with Crippen molar-refractivity contribution in [2.45, 2.75) is 174 Å². The van der Waals surface area contributed by atoms with Crippen molar-refractivity contribution < 1.29 is 19.1 Å². The maximum absolute atomic E-state index is 12.0. The molecule has 0 saturated carbocycles. The van der Waals surface area contributed by atoms with E-state index in [1.165, 1.54) is 135 Å². The van der Waals surface area contributed by atoms with Crippen LogP contribution in [-0.4, -0.2) is 75.2 Å². The highest BCUT2D eigenvalue weighted by Gasteiger charge is 2.07. The van der Waals surface area contributed by atoms with Crippen LogP contribution in [0.5, 0.6) is 0 Å². The average molecular weight is 663 g/mol. The second kappa shape index (κ2) is 37.2. The van der Waals surface area contributed by atoms with Gasteiger partial charge in [0.15, 0.2) is 0 Å². The van der Waals surface area contributed by atoms with Gasteiger partial charge in [-0.15, -0.1) is 0 Å². The van der Waals surface area contributed by atoms with Crippen molar-refractivity contribution in [2.75, 3.05) is 53.5 Å². The number of rotatable bonds is 36. The van der Waals surface area contributed by atoms with Gasteiger partial charge in [-0.25, -0.2) is 0 Å². The van der Waals surface area contributed by atoms with Gasteiger partial charge in [-0.1, -0.05) is 122 Å². The third kappa shape index (κ3) is 37.0. The third-order valence-corrected chi connectivity index (χ3v) is 8.75. The second-order valence-corrected chi connectivity index (χ2v) is 13.7. The smallest absolute Gasteiger partial charge is 0.306 e. The van der Waals surface area contributed by atoms with E-state index in [0.29, 0.717) is 26.1 Å². The molecule has 0 aromatic heterocycles. The molecule has 0 aliphatic carbocycles. The summed E-state index contributed by atoms with van der Waals surface area (Å²) in [4.78, 5) is 28.9. The molecule has 0 saturated heterocycles. The van der Waals surface area contributed by atoms with Gasteiger partial charge in [0, 0.05) is 12.8 Å². The molecule has 0 aliphatic heterocycles. The van der Waals surface area contributed by atoms with E-state index in [1.807, 2.05) is 12.2 Å². The van der Waals surface area contributed by atoms with Crippen molar-refractivity contribution in [3.63, 3.8) is 0 Å². The van der Waals surface area contributed by atoms with Crippen molar-refractivity contribution >= 4 is 11.9 Å². The van der Waals surface area contributed by atoms with E-state index in [-0.39, 0.29) is 11.9 Å². The predicted molar refractivity (Wildman–Crippen MR) is 202 cm³/mol. The molecular weight excluding hydrogens is 584 g/mol. The van der Waals surface area contributed by atoms with Gasteiger partial charge < -0.3 is 19.3 Å². The molecule has 0 rings (SSSR count). The summed E-state index contributed by atoms with van der Waals surface area (Å²) in [7, 11) is 4.31. The molecule has 6 nitrogen and oxygen atoms in total. The number of esters is 2. The summed E-state index contributed by atoms with van der Waals surface area (Å²) >= 11 is 0. The van der Waals surface area contributed by atoms with Crippen LogP contribution in [0.4, 0.5) is 0 Å². The molecule has 276 valence electrons. The Morgan fingerprint density at radius 2 is 0.809 bits per heavy atom. The summed E-state index contributed by atoms with van der Waals surface area (Å²) in [6, 6.07) is 0. The molecule has 0 bridgehead atoms. The van der Waals surface area contributed by atoms with Crippen molar-refractivity contribution in [3.8, 4) is 0 Å².